The first kappa shape index (κ1) is 12.9. The van der Waals surface area contributed by atoms with E-state index in [4.69, 9.17) is 5.11 Å². The number of halogens is 3. The summed E-state index contributed by atoms with van der Waals surface area (Å²) in [5.41, 5.74) is -0.797. The lowest BCUT2D eigenvalue weighted by molar-refractivity contribution is -0.137. The van der Waals surface area contributed by atoms with Crippen LogP contribution in [0.2, 0.25) is 0 Å². The van der Waals surface area contributed by atoms with E-state index < -0.39 is 17.6 Å². The minimum Gasteiger partial charge on any atom is -0.396 e. The van der Waals surface area contributed by atoms with Crippen LogP contribution in [0.15, 0.2) is 24.3 Å². The molecule has 1 aromatic carbocycles. The quantitative estimate of drug-likeness (QED) is 0.879. The second kappa shape index (κ2) is 4.61. The zero-order chi connectivity index (χ0) is 13.3. The predicted octanol–water partition coefficient (Wildman–Crippen LogP) is 1.77. The van der Waals surface area contributed by atoms with E-state index in [9.17, 15) is 18.0 Å². The van der Waals surface area contributed by atoms with Gasteiger partial charge in [0, 0.05) is 31.2 Å². The monoisotopic (exact) mass is 259 g/mol. The summed E-state index contributed by atoms with van der Waals surface area (Å²) in [6.07, 6.45) is -4.45. The molecule has 0 spiro atoms. The Morgan fingerprint density at radius 1 is 1.39 bits per heavy atom. The Labute approximate surface area is 102 Å². The van der Waals surface area contributed by atoms with Crippen molar-refractivity contribution in [2.75, 3.05) is 19.7 Å². The molecule has 18 heavy (non-hydrogen) atoms. The maximum Gasteiger partial charge on any atom is 0.416 e. The molecule has 0 saturated carbocycles. The molecule has 1 N–H and O–H groups in total. The average Bonchev–Trinajstić information content (AvgIpc) is 2.26. The van der Waals surface area contributed by atoms with Crippen LogP contribution in [0.5, 0.6) is 0 Å². The second-order valence-corrected chi connectivity index (χ2v) is 4.34. The van der Waals surface area contributed by atoms with Crippen LogP contribution in [0, 0.1) is 5.92 Å². The summed E-state index contributed by atoms with van der Waals surface area (Å²) in [6, 6.07) is 4.38. The number of carbonyl (C=O) groups excluding carboxylic acids is 1. The Balaban J connectivity index is 2.12. The third-order valence-corrected chi connectivity index (χ3v) is 2.94. The fourth-order valence-electron chi connectivity index (χ4n) is 1.86. The van der Waals surface area contributed by atoms with E-state index in [2.05, 4.69) is 0 Å². The number of hydrogen-bond donors (Lipinski definition) is 1. The average molecular weight is 259 g/mol. The lowest BCUT2D eigenvalue weighted by Crippen LogP contribution is -2.51. The molecule has 0 radical (unpaired) electrons. The van der Waals surface area contributed by atoms with Crippen LogP contribution in [-0.2, 0) is 6.18 Å². The van der Waals surface area contributed by atoms with Gasteiger partial charge in [0.25, 0.3) is 5.91 Å². The fraction of sp³-hybridized carbons (Fsp3) is 0.417. The van der Waals surface area contributed by atoms with Crippen molar-refractivity contribution in [1.82, 2.24) is 4.90 Å². The third-order valence-electron chi connectivity index (χ3n) is 2.94. The highest BCUT2D eigenvalue weighted by atomic mass is 19.4. The summed E-state index contributed by atoms with van der Waals surface area (Å²) in [6.45, 7) is 0.781. The van der Waals surface area contributed by atoms with Gasteiger partial charge < -0.3 is 10.0 Å². The SMILES string of the molecule is O=C(c1cccc(C(F)(F)F)c1)N1CC(CO)C1. The number of rotatable bonds is 2. The van der Waals surface area contributed by atoms with Crippen molar-refractivity contribution in [3.8, 4) is 0 Å². The van der Waals surface area contributed by atoms with Crippen LogP contribution in [0.4, 0.5) is 13.2 Å². The van der Waals surface area contributed by atoms with Crippen molar-refractivity contribution in [1.29, 1.82) is 0 Å². The van der Waals surface area contributed by atoms with Crippen molar-refractivity contribution < 1.29 is 23.1 Å². The molecule has 98 valence electrons. The van der Waals surface area contributed by atoms with Gasteiger partial charge >= 0.3 is 6.18 Å². The van der Waals surface area contributed by atoms with E-state index in [-0.39, 0.29) is 18.1 Å². The number of carbonyl (C=O) groups is 1. The molecule has 0 unspecified atom stereocenters. The molecule has 0 bridgehead atoms. The van der Waals surface area contributed by atoms with E-state index in [1.54, 1.807) is 0 Å². The summed E-state index contributed by atoms with van der Waals surface area (Å²) in [4.78, 5) is 13.3. The van der Waals surface area contributed by atoms with Crippen LogP contribution in [-0.4, -0.2) is 35.6 Å². The fourth-order valence-corrected chi connectivity index (χ4v) is 1.86. The highest BCUT2D eigenvalue weighted by Gasteiger charge is 2.33. The number of aliphatic hydroxyl groups is 1. The molecule has 1 aliphatic rings. The summed E-state index contributed by atoms with van der Waals surface area (Å²) in [7, 11) is 0. The number of alkyl halides is 3. The van der Waals surface area contributed by atoms with Crippen molar-refractivity contribution in [3.05, 3.63) is 35.4 Å². The van der Waals surface area contributed by atoms with Gasteiger partial charge in [-0.2, -0.15) is 13.2 Å². The number of hydrogen-bond acceptors (Lipinski definition) is 2. The molecule has 0 atom stereocenters. The summed E-state index contributed by atoms with van der Waals surface area (Å²) < 4.78 is 37.5. The molecular weight excluding hydrogens is 247 g/mol. The standard InChI is InChI=1S/C12H12F3NO2/c13-12(14,15)10-3-1-2-9(4-10)11(18)16-5-8(6-16)7-17/h1-4,8,17H,5-7H2. The molecule has 1 aliphatic heterocycles. The Morgan fingerprint density at radius 2 is 2.06 bits per heavy atom. The molecule has 3 nitrogen and oxygen atoms in total. The van der Waals surface area contributed by atoms with Crippen molar-refractivity contribution in [2.24, 2.45) is 5.92 Å². The Bertz CT molecular complexity index is 453. The minimum absolute atomic E-state index is 0.00757. The van der Waals surface area contributed by atoms with Crippen molar-refractivity contribution >= 4 is 5.91 Å². The molecule has 0 aliphatic carbocycles. The van der Waals surface area contributed by atoms with Crippen molar-refractivity contribution in [2.45, 2.75) is 6.18 Å². The highest BCUT2D eigenvalue weighted by molar-refractivity contribution is 5.94. The van der Waals surface area contributed by atoms with Gasteiger partial charge in [0.05, 0.1) is 5.56 Å². The first-order valence-corrected chi connectivity index (χ1v) is 5.49. The van der Waals surface area contributed by atoms with E-state index >= 15 is 0 Å². The van der Waals surface area contributed by atoms with Gasteiger partial charge in [-0.25, -0.2) is 0 Å². The van der Waals surface area contributed by atoms with Gasteiger partial charge in [0.15, 0.2) is 0 Å². The largest absolute Gasteiger partial charge is 0.416 e. The molecule has 1 amide bonds. The van der Waals surface area contributed by atoms with Gasteiger partial charge in [-0.3, -0.25) is 4.79 Å². The highest BCUT2D eigenvalue weighted by Crippen LogP contribution is 2.30. The van der Waals surface area contributed by atoms with Crippen LogP contribution in [0.25, 0.3) is 0 Å². The van der Waals surface area contributed by atoms with E-state index in [0.717, 1.165) is 12.1 Å². The van der Waals surface area contributed by atoms with Gasteiger partial charge in [-0.05, 0) is 18.2 Å². The number of amides is 1. The number of likely N-dealkylation sites (tertiary alicyclic amines) is 1. The second-order valence-electron chi connectivity index (χ2n) is 4.34. The van der Waals surface area contributed by atoms with E-state index in [0.29, 0.717) is 13.1 Å². The van der Waals surface area contributed by atoms with E-state index in [1.807, 2.05) is 0 Å². The topological polar surface area (TPSA) is 40.5 Å². The number of aliphatic hydroxyl groups excluding tert-OH is 1. The Hall–Kier alpha value is -1.56. The smallest absolute Gasteiger partial charge is 0.396 e. The first-order chi connectivity index (χ1) is 8.41. The molecular formula is C12H12F3NO2. The molecule has 0 aromatic heterocycles. The first-order valence-electron chi connectivity index (χ1n) is 5.49. The molecule has 1 saturated heterocycles. The molecule has 1 heterocycles. The van der Waals surface area contributed by atoms with Crippen LogP contribution >= 0.6 is 0 Å². The summed E-state index contributed by atoms with van der Waals surface area (Å²) >= 11 is 0. The minimum atomic E-state index is -4.45. The number of benzene rings is 1. The van der Waals surface area contributed by atoms with Crippen LogP contribution in [0.1, 0.15) is 15.9 Å². The van der Waals surface area contributed by atoms with Gasteiger partial charge in [0.1, 0.15) is 0 Å². The molecule has 1 aromatic rings. The normalized spacial score (nSPS) is 16.6. The Morgan fingerprint density at radius 3 is 2.61 bits per heavy atom. The summed E-state index contributed by atoms with van der Waals surface area (Å²) in [5.74, 6) is -0.384. The van der Waals surface area contributed by atoms with Gasteiger partial charge in [-0.1, -0.05) is 6.07 Å². The lowest BCUT2D eigenvalue weighted by Gasteiger charge is -2.38. The van der Waals surface area contributed by atoms with Crippen LogP contribution in [0.3, 0.4) is 0 Å². The predicted molar refractivity (Wildman–Crippen MR) is 57.9 cm³/mol. The summed E-state index contributed by atoms with van der Waals surface area (Å²) in [5, 5.41) is 8.82. The molecule has 2 rings (SSSR count). The van der Waals surface area contributed by atoms with Gasteiger partial charge in [0.2, 0.25) is 0 Å². The van der Waals surface area contributed by atoms with E-state index in [1.165, 1.54) is 17.0 Å². The van der Waals surface area contributed by atoms with Crippen LogP contribution < -0.4 is 0 Å². The maximum absolute atomic E-state index is 12.5. The zero-order valence-electron chi connectivity index (χ0n) is 9.44. The Kier molecular flexibility index (Phi) is 3.30. The third kappa shape index (κ3) is 2.48. The molecule has 1 fully saturated rings. The maximum atomic E-state index is 12.5. The number of nitrogens with zero attached hydrogens (tertiary/aromatic N) is 1. The van der Waals surface area contributed by atoms with Gasteiger partial charge in [-0.15, -0.1) is 0 Å². The zero-order valence-corrected chi connectivity index (χ0v) is 9.44. The lowest BCUT2D eigenvalue weighted by atomic mass is 9.99. The molecule has 6 heteroatoms. The van der Waals surface area contributed by atoms with Crippen molar-refractivity contribution in [3.63, 3.8) is 0 Å².